The molecular weight excluding hydrogens is 460 g/mol. The van der Waals surface area contributed by atoms with Gasteiger partial charge in [-0.1, -0.05) is 43.0 Å². The molecule has 0 bridgehead atoms. The Labute approximate surface area is 193 Å². The number of nitrogens with zero attached hydrogens (tertiary/aromatic N) is 2. The third-order valence-corrected chi connectivity index (χ3v) is 5.45. The Morgan fingerprint density at radius 3 is 2.52 bits per heavy atom. The average Bonchev–Trinajstić information content (AvgIpc) is 2.76. The van der Waals surface area contributed by atoms with Crippen molar-refractivity contribution in [3.63, 3.8) is 0 Å². The lowest BCUT2D eigenvalue weighted by Gasteiger charge is -2.23. The standard InChI is InChI=1S/C23H21ClF4N4O/c24-15-9-10-18(25)20(12-15)30-21-13-19(14-5-4-8-17(11-14)33-23(26,27)28)31-22(32-21)29-16-6-2-1-3-7-16/h4-5,8-13,16H,1-3,6-7H2,(H2,29,30,31,32). The maximum atomic E-state index is 14.3. The Morgan fingerprint density at radius 1 is 0.970 bits per heavy atom. The van der Waals surface area contributed by atoms with Crippen LogP contribution in [0.5, 0.6) is 5.75 Å². The van der Waals surface area contributed by atoms with Crippen molar-refractivity contribution in [2.45, 2.75) is 44.5 Å². The Balaban J connectivity index is 1.69. The molecule has 0 amide bonds. The molecule has 1 aromatic heterocycles. The number of benzene rings is 2. The van der Waals surface area contributed by atoms with E-state index >= 15 is 0 Å². The second-order valence-electron chi connectivity index (χ2n) is 7.77. The Bertz CT molecular complexity index is 1120. The summed E-state index contributed by atoms with van der Waals surface area (Å²) in [6.07, 6.45) is 0.475. The van der Waals surface area contributed by atoms with Crippen molar-refractivity contribution in [2.75, 3.05) is 10.6 Å². The predicted octanol–water partition coefficient (Wildman–Crippen LogP) is 7.32. The van der Waals surface area contributed by atoms with E-state index in [-0.39, 0.29) is 23.3 Å². The highest BCUT2D eigenvalue weighted by Crippen LogP contribution is 2.31. The van der Waals surface area contributed by atoms with Gasteiger partial charge in [0.05, 0.1) is 11.4 Å². The Hall–Kier alpha value is -3.07. The van der Waals surface area contributed by atoms with E-state index in [0.717, 1.165) is 25.7 Å². The number of hydrogen-bond donors (Lipinski definition) is 2. The Morgan fingerprint density at radius 2 is 1.76 bits per heavy atom. The highest BCUT2D eigenvalue weighted by atomic mass is 35.5. The summed E-state index contributed by atoms with van der Waals surface area (Å²) in [5, 5.41) is 6.53. The molecule has 3 aromatic rings. The lowest BCUT2D eigenvalue weighted by Crippen LogP contribution is -2.23. The third-order valence-electron chi connectivity index (χ3n) is 5.22. The lowest BCUT2D eigenvalue weighted by molar-refractivity contribution is -0.274. The zero-order valence-corrected chi connectivity index (χ0v) is 18.2. The molecule has 0 aliphatic heterocycles. The van der Waals surface area contributed by atoms with Gasteiger partial charge in [-0.2, -0.15) is 4.98 Å². The van der Waals surface area contributed by atoms with Crippen molar-refractivity contribution < 1.29 is 22.3 Å². The normalized spacial score (nSPS) is 14.7. The molecule has 2 aromatic carbocycles. The average molecular weight is 481 g/mol. The zero-order valence-electron chi connectivity index (χ0n) is 17.4. The second kappa shape index (κ2) is 9.82. The zero-order chi connectivity index (χ0) is 23.4. The smallest absolute Gasteiger partial charge is 0.406 e. The van der Waals surface area contributed by atoms with Crippen LogP contribution in [0.4, 0.5) is 35.0 Å². The van der Waals surface area contributed by atoms with Crippen molar-refractivity contribution >= 4 is 29.1 Å². The summed E-state index contributed by atoms with van der Waals surface area (Å²) in [4.78, 5) is 8.94. The summed E-state index contributed by atoms with van der Waals surface area (Å²) in [5.74, 6) is -0.328. The van der Waals surface area contributed by atoms with E-state index in [1.54, 1.807) is 6.07 Å². The summed E-state index contributed by atoms with van der Waals surface area (Å²) in [7, 11) is 0. The molecule has 174 valence electrons. The first-order valence-electron chi connectivity index (χ1n) is 10.5. The quantitative estimate of drug-likeness (QED) is 0.362. The summed E-state index contributed by atoms with van der Waals surface area (Å²) >= 11 is 5.98. The van der Waals surface area contributed by atoms with Crippen LogP contribution >= 0.6 is 11.6 Å². The highest BCUT2D eigenvalue weighted by Gasteiger charge is 2.31. The first-order chi connectivity index (χ1) is 15.7. The fourth-order valence-electron chi connectivity index (χ4n) is 3.74. The topological polar surface area (TPSA) is 59.1 Å². The van der Waals surface area contributed by atoms with Gasteiger partial charge in [-0.3, -0.25) is 0 Å². The molecular formula is C23H21ClF4N4O. The van der Waals surface area contributed by atoms with E-state index in [9.17, 15) is 17.6 Å². The minimum atomic E-state index is -4.81. The monoisotopic (exact) mass is 480 g/mol. The van der Waals surface area contributed by atoms with Crippen LogP contribution in [0.1, 0.15) is 32.1 Å². The Kier molecular flexibility index (Phi) is 6.88. The summed E-state index contributed by atoms with van der Waals surface area (Å²) < 4.78 is 56.3. The molecule has 2 N–H and O–H groups in total. The van der Waals surface area contributed by atoms with E-state index < -0.39 is 12.2 Å². The molecule has 1 aliphatic rings. The largest absolute Gasteiger partial charge is 0.573 e. The molecule has 0 radical (unpaired) electrons. The van der Waals surface area contributed by atoms with Crippen molar-refractivity contribution in [3.05, 3.63) is 59.4 Å². The number of rotatable bonds is 6. The minimum absolute atomic E-state index is 0.116. The molecule has 0 unspecified atom stereocenters. The van der Waals surface area contributed by atoms with Crippen LogP contribution < -0.4 is 15.4 Å². The fraction of sp³-hybridized carbons (Fsp3) is 0.304. The number of halogens is 5. The molecule has 1 saturated carbocycles. The molecule has 1 aliphatic carbocycles. The third kappa shape index (κ3) is 6.47. The first-order valence-corrected chi connectivity index (χ1v) is 10.9. The molecule has 10 heteroatoms. The van der Waals surface area contributed by atoms with E-state index in [4.69, 9.17) is 11.6 Å². The van der Waals surface area contributed by atoms with E-state index in [2.05, 4.69) is 25.3 Å². The molecule has 1 heterocycles. The van der Waals surface area contributed by atoms with E-state index in [1.807, 2.05) is 0 Å². The fourth-order valence-corrected chi connectivity index (χ4v) is 3.91. The van der Waals surface area contributed by atoms with E-state index in [0.29, 0.717) is 22.2 Å². The number of aromatic nitrogens is 2. The summed E-state index contributed by atoms with van der Waals surface area (Å²) in [6, 6.07) is 11.3. The molecule has 0 saturated heterocycles. The van der Waals surface area contributed by atoms with Crippen molar-refractivity contribution in [2.24, 2.45) is 0 Å². The summed E-state index contributed by atoms with van der Waals surface area (Å²) in [5.41, 5.74) is 0.853. The number of nitrogens with one attached hydrogen (secondary N) is 2. The van der Waals surface area contributed by atoms with Gasteiger partial charge in [0, 0.05) is 22.7 Å². The van der Waals surface area contributed by atoms with Gasteiger partial charge >= 0.3 is 6.36 Å². The molecule has 33 heavy (non-hydrogen) atoms. The van der Waals surface area contributed by atoms with Crippen LogP contribution in [-0.2, 0) is 0 Å². The maximum absolute atomic E-state index is 14.3. The van der Waals surface area contributed by atoms with Crippen LogP contribution in [0.25, 0.3) is 11.3 Å². The maximum Gasteiger partial charge on any atom is 0.573 e. The predicted molar refractivity (Wildman–Crippen MR) is 119 cm³/mol. The molecule has 4 rings (SSSR count). The van der Waals surface area contributed by atoms with Crippen LogP contribution in [0.2, 0.25) is 5.02 Å². The molecule has 0 spiro atoms. The van der Waals surface area contributed by atoms with Crippen LogP contribution in [-0.4, -0.2) is 22.4 Å². The van der Waals surface area contributed by atoms with E-state index in [1.165, 1.54) is 48.9 Å². The van der Waals surface area contributed by atoms with Crippen molar-refractivity contribution in [3.8, 4) is 17.0 Å². The lowest BCUT2D eigenvalue weighted by atomic mass is 9.96. The number of hydrogen-bond acceptors (Lipinski definition) is 5. The van der Waals surface area contributed by atoms with Crippen molar-refractivity contribution in [1.29, 1.82) is 0 Å². The highest BCUT2D eigenvalue weighted by molar-refractivity contribution is 6.30. The van der Waals surface area contributed by atoms with Gasteiger partial charge < -0.3 is 15.4 Å². The van der Waals surface area contributed by atoms with Crippen LogP contribution in [0.15, 0.2) is 48.5 Å². The number of ether oxygens (including phenoxy) is 1. The van der Waals surface area contributed by atoms with Gasteiger partial charge in [-0.15, -0.1) is 13.2 Å². The van der Waals surface area contributed by atoms with Gasteiger partial charge in [-0.25, -0.2) is 9.37 Å². The SMILES string of the molecule is Fc1ccc(Cl)cc1Nc1cc(-c2cccc(OC(F)(F)F)c2)nc(NC2CCCCC2)n1. The van der Waals surface area contributed by atoms with Gasteiger partial charge in [0.1, 0.15) is 17.4 Å². The van der Waals surface area contributed by atoms with Crippen molar-refractivity contribution in [1.82, 2.24) is 9.97 Å². The first kappa shape index (κ1) is 23.1. The molecule has 0 atom stereocenters. The van der Waals surface area contributed by atoms with Crippen LogP contribution in [0.3, 0.4) is 0 Å². The summed E-state index contributed by atoms with van der Waals surface area (Å²) in [6.45, 7) is 0. The minimum Gasteiger partial charge on any atom is -0.406 e. The molecule has 1 fully saturated rings. The molecule has 5 nitrogen and oxygen atoms in total. The number of anilines is 3. The van der Waals surface area contributed by atoms with Gasteiger partial charge in [0.2, 0.25) is 5.95 Å². The van der Waals surface area contributed by atoms with Crippen LogP contribution in [0, 0.1) is 5.82 Å². The van der Waals surface area contributed by atoms with Gasteiger partial charge in [0.25, 0.3) is 0 Å². The van der Waals surface area contributed by atoms with Gasteiger partial charge in [-0.05, 0) is 43.2 Å². The number of alkyl halides is 3. The van der Waals surface area contributed by atoms with Gasteiger partial charge in [0.15, 0.2) is 0 Å². The second-order valence-corrected chi connectivity index (χ2v) is 8.20.